The third kappa shape index (κ3) is 6.72. The van der Waals surface area contributed by atoms with Gasteiger partial charge in [-0.1, -0.05) is 17.7 Å². The van der Waals surface area contributed by atoms with E-state index in [0.29, 0.717) is 44.2 Å². The number of rotatable bonds is 10. The highest BCUT2D eigenvalue weighted by atomic mass is 35.5. The molecule has 1 aromatic heterocycles. The first-order chi connectivity index (χ1) is 17.2. The molecule has 0 bridgehead atoms. The van der Waals surface area contributed by atoms with E-state index in [0.717, 1.165) is 46.0 Å². The minimum absolute atomic E-state index is 0.246. The number of methoxy groups -OCH3 is 1. The lowest BCUT2D eigenvalue weighted by Gasteiger charge is -2.39. The Kier molecular flexibility index (Phi) is 8.44. The van der Waals surface area contributed by atoms with Crippen LogP contribution in [0.2, 0.25) is 5.02 Å². The zero-order valence-corrected chi connectivity index (χ0v) is 22.3. The number of likely N-dealkylation sites (tertiary alicyclic amines) is 1. The first-order valence-corrected chi connectivity index (χ1v) is 12.8. The molecule has 3 aromatic rings. The van der Waals surface area contributed by atoms with E-state index in [4.69, 9.17) is 25.8 Å². The minimum Gasteiger partial charge on any atom is -0.493 e. The van der Waals surface area contributed by atoms with E-state index in [1.54, 1.807) is 7.11 Å². The lowest BCUT2D eigenvalue weighted by atomic mass is 9.93. The molecule has 1 aliphatic rings. The molecule has 0 saturated carbocycles. The maximum absolute atomic E-state index is 11.3. The Morgan fingerprint density at radius 2 is 1.86 bits per heavy atom. The largest absolute Gasteiger partial charge is 0.493 e. The number of aromatic nitrogens is 2. The summed E-state index contributed by atoms with van der Waals surface area (Å²) in [7, 11) is 1.65. The zero-order valence-electron chi connectivity index (χ0n) is 21.6. The van der Waals surface area contributed by atoms with Crippen LogP contribution in [-0.2, 0) is 13.1 Å². The standard InChI is InChI=1S/C28H36ClN3O4/c1-20-15-30-32(16-20)10-11-35-25-7-6-23(14-26(25)34-4)17-31-9-5-8-28(33,18-31)19-36-24-12-21(2)27(29)22(3)13-24/h6-7,12-16,33H,5,8-11,17-19H2,1-4H3/t28-/m0/s1. The van der Waals surface area contributed by atoms with E-state index >= 15 is 0 Å². The van der Waals surface area contributed by atoms with Gasteiger partial charge in [0.05, 0.1) is 19.9 Å². The molecule has 0 spiro atoms. The molecule has 194 valence electrons. The summed E-state index contributed by atoms with van der Waals surface area (Å²) in [6.07, 6.45) is 5.44. The molecule has 8 heteroatoms. The van der Waals surface area contributed by atoms with Crippen molar-refractivity contribution in [3.05, 3.63) is 70.0 Å². The predicted octanol–water partition coefficient (Wildman–Crippen LogP) is 4.96. The first-order valence-electron chi connectivity index (χ1n) is 12.4. The maximum atomic E-state index is 11.3. The molecule has 1 saturated heterocycles. The Bertz CT molecular complexity index is 1160. The number of halogens is 1. The van der Waals surface area contributed by atoms with E-state index in [1.165, 1.54) is 0 Å². The van der Waals surface area contributed by atoms with Crippen LogP contribution >= 0.6 is 11.6 Å². The highest BCUT2D eigenvalue weighted by Gasteiger charge is 2.34. The lowest BCUT2D eigenvalue weighted by Crippen LogP contribution is -2.51. The van der Waals surface area contributed by atoms with Crippen molar-refractivity contribution in [2.75, 3.05) is 33.4 Å². The fourth-order valence-electron chi connectivity index (χ4n) is 4.69. The van der Waals surface area contributed by atoms with Crippen LogP contribution in [0.5, 0.6) is 17.2 Å². The molecule has 1 fully saturated rings. The second-order valence-electron chi connectivity index (χ2n) is 9.81. The second kappa shape index (κ2) is 11.5. The van der Waals surface area contributed by atoms with Gasteiger partial charge in [-0.15, -0.1) is 0 Å². The number of hydrogen-bond acceptors (Lipinski definition) is 6. The van der Waals surface area contributed by atoms with Crippen molar-refractivity contribution in [3.8, 4) is 17.2 Å². The monoisotopic (exact) mass is 513 g/mol. The highest BCUT2D eigenvalue weighted by molar-refractivity contribution is 6.32. The third-order valence-corrected chi connectivity index (χ3v) is 7.12. The van der Waals surface area contributed by atoms with Gasteiger partial charge >= 0.3 is 0 Å². The van der Waals surface area contributed by atoms with Crippen LogP contribution in [0, 0.1) is 20.8 Å². The van der Waals surface area contributed by atoms with E-state index in [1.807, 2.05) is 62.1 Å². The Balaban J connectivity index is 1.33. The molecule has 0 aliphatic carbocycles. The molecule has 0 unspecified atom stereocenters. The van der Waals surface area contributed by atoms with Gasteiger partial charge in [0.1, 0.15) is 24.6 Å². The molecule has 1 atom stereocenters. The Morgan fingerprint density at radius 3 is 2.56 bits per heavy atom. The van der Waals surface area contributed by atoms with Crippen molar-refractivity contribution in [3.63, 3.8) is 0 Å². The molecular formula is C28H36ClN3O4. The van der Waals surface area contributed by atoms with E-state index in [9.17, 15) is 5.11 Å². The summed E-state index contributed by atoms with van der Waals surface area (Å²) < 4.78 is 19.4. The van der Waals surface area contributed by atoms with Gasteiger partial charge in [-0.05, 0) is 86.7 Å². The summed E-state index contributed by atoms with van der Waals surface area (Å²) in [6.45, 7) is 9.54. The number of benzene rings is 2. The molecule has 7 nitrogen and oxygen atoms in total. The molecule has 4 rings (SSSR count). The molecule has 0 radical (unpaired) electrons. The summed E-state index contributed by atoms with van der Waals surface area (Å²) in [5.41, 5.74) is 3.28. The van der Waals surface area contributed by atoms with Gasteiger partial charge in [0.15, 0.2) is 11.5 Å². The SMILES string of the molecule is COc1cc(CN2CCC[C@@](O)(COc3cc(C)c(Cl)c(C)c3)C2)ccc1OCCn1cc(C)cn1. The average Bonchev–Trinajstić information content (AvgIpc) is 3.27. The van der Waals surface area contributed by atoms with Gasteiger partial charge in [-0.2, -0.15) is 5.10 Å². The van der Waals surface area contributed by atoms with Gasteiger partial charge in [-0.3, -0.25) is 9.58 Å². The van der Waals surface area contributed by atoms with Crippen LogP contribution in [0.4, 0.5) is 0 Å². The van der Waals surface area contributed by atoms with Crippen LogP contribution in [-0.4, -0.2) is 58.8 Å². The number of piperidine rings is 1. The predicted molar refractivity (Wildman–Crippen MR) is 141 cm³/mol. The van der Waals surface area contributed by atoms with Crippen molar-refractivity contribution in [1.82, 2.24) is 14.7 Å². The van der Waals surface area contributed by atoms with Gasteiger partial charge < -0.3 is 19.3 Å². The fraction of sp³-hybridized carbons (Fsp3) is 0.464. The van der Waals surface area contributed by atoms with Crippen molar-refractivity contribution in [2.24, 2.45) is 0 Å². The molecule has 1 N–H and O–H groups in total. The van der Waals surface area contributed by atoms with Gasteiger partial charge in [0.2, 0.25) is 0 Å². The number of β-amino-alcohol motifs (C(OH)–C–C–N with tert-alkyl or cyclic N) is 1. The van der Waals surface area contributed by atoms with Gasteiger partial charge in [-0.25, -0.2) is 0 Å². The quantitative estimate of drug-likeness (QED) is 0.413. The van der Waals surface area contributed by atoms with Crippen molar-refractivity contribution < 1.29 is 19.3 Å². The van der Waals surface area contributed by atoms with Crippen LogP contribution in [0.15, 0.2) is 42.7 Å². The molecule has 2 aromatic carbocycles. The van der Waals surface area contributed by atoms with Crippen molar-refractivity contribution in [1.29, 1.82) is 0 Å². The van der Waals surface area contributed by atoms with Crippen molar-refractivity contribution in [2.45, 2.75) is 52.3 Å². The number of ether oxygens (including phenoxy) is 3. The third-order valence-electron chi connectivity index (χ3n) is 6.53. The number of aliphatic hydroxyl groups is 1. The second-order valence-corrected chi connectivity index (χ2v) is 10.2. The van der Waals surface area contributed by atoms with Gasteiger partial charge in [0.25, 0.3) is 0 Å². The maximum Gasteiger partial charge on any atom is 0.161 e. The number of aryl methyl sites for hydroxylation is 3. The normalized spacial score (nSPS) is 18.3. The minimum atomic E-state index is -0.905. The Labute approximate surface area is 218 Å². The molecule has 2 heterocycles. The Morgan fingerprint density at radius 1 is 1.08 bits per heavy atom. The van der Waals surface area contributed by atoms with E-state index in [-0.39, 0.29) is 6.61 Å². The molecular weight excluding hydrogens is 478 g/mol. The molecule has 36 heavy (non-hydrogen) atoms. The zero-order chi connectivity index (χ0) is 25.7. The van der Waals surface area contributed by atoms with Gasteiger partial charge in [0, 0.05) is 24.3 Å². The lowest BCUT2D eigenvalue weighted by molar-refractivity contribution is -0.0621. The summed E-state index contributed by atoms with van der Waals surface area (Å²) in [5, 5.41) is 16.3. The number of hydrogen-bond donors (Lipinski definition) is 1. The van der Waals surface area contributed by atoms with Crippen LogP contribution in [0.3, 0.4) is 0 Å². The molecule has 1 aliphatic heterocycles. The van der Waals surface area contributed by atoms with E-state index in [2.05, 4.69) is 16.1 Å². The average molecular weight is 514 g/mol. The number of nitrogens with zero attached hydrogens (tertiary/aromatic N) is 3. The Hall–Kier alpha value is -2.74. The summed E-state index contributed by atoms with van der Waals surface area (Å²) in [5.74, 6) is 2.15. The molecule has 0 amide bonds. The van der Waals surface area contributed by atoms with Crippen LogP contribution in [0.25, 0.3) is 0 Å². The van der Waals surface area contributed by atoms with Crippen LogP contribution < -0.4 is 14.2 Å². The first kappa shape index (κ1) is 26.3. The fourth-order valence-corrected chi connectivity index (χ4v) is 4.80. The summed E-state index contributed by atoms with van der Waals surface area (Å²) in [6, 6.07) is 9.86. The topological polar surface area (TPSA) is 69.0 Å². The summed E-state index contributed by atoms with van der Waals surface area (Å²) in [4.78, 5) is 2.26. The van der Waals surface area contributed by atoms with Crippen molar-refractivity contribution >= 4 is 11.6 Å². The highest BCUT2D eigenvalue weighted by Crippen LogP contribution is 2.31. The van der Waals surface area contributed by atoms with E-state index < -0.39 is 5.60 Å². The van der Waals surface area contributed by atoms with Crippen LogP contribution in [0.1, 0.15) is 35.1 Å². The smallest absolute Gasteiger partial charge is 0.161 e. The summed E-state index contributed by atoms with van der Waals surface area (Å²) >= 11 is 6.27.